The number of phosphoric ester groups is 2. The summed E-state index contributed by atoms with van der Waals surface area (Å²) in [5, 5.41) is 9.07. The van der Waals surface area contributed by atoms with Crippen molar-refractivity contribution >= 4 is 21.9 Å². The summed E-state index contributed by atoms with van der Waals surface area (Å²) in [5.74, 6) is 0. The molecule has 2 atom stereocenters. The van der Waals surface area contributed by atoms with Crippen LogP contribution in [0.15, 0.2) is 0 Å². The van der Waals surface area contributed by atoms with Gasteiger partial charge in [0.15, 0.2) is 12.4 Å². The van der Waals surface area contributed by atoms with Gasteiger partial charge in [0.1, 0.15) is 6.10 Å². The van der Waals surface area contributed by atoms with Gasteiger partial charge in [-0.1, -0.05) is 0 Å². The highest BCUT2D eigenvalue weighted by atomic mass is 31.2. The van der Waals surface area contributed by atoms with Crippen LogP contribution in [0.1, 0.15) is 0 Å². The molecule has 12 heteroatoms. The fourth-order valence-corrected chi connectivity index (χ4v) is 1.47. The third-order valence-corrected chi connectivity index (χ3v) is 2.19. The molecule has 5 N–H and O–H groups in total. The predicted molar refractivity (Wildman–Crippen MR) is 47.0 cm³/mol. The molecule has 0 bridgehead atoms. The zero-order valence-electron chi connectivity index (χ0n) is 7.61. The van der Waals surface area contributed by atoms with Crippen LogP contribution in [0.3, 0.4) is 0 Å². The quantitative estimate of drug-likeness (QED) is 0.263. The Kier molecular flexibility index (Phi) is 5.91. The van der Waals surface area contributed by atoms with Gasteiger partial charge in [0.2, 0.25) is 0 Å². The molecular formula is C4H10O10P2. The van der Waals surface area contributed by atoms with Gasteiger partial charge >= 0.3 is 15.6 Å². The van der Waals surface area contributed by atoms with Crippen LogP contribution in [0.25, 0.3) is 0 Å². The van der Waals surface area contributed by atoms with Crippen molar-refractivity contribution in [1.29, 1.82) is 0 Å². The van der Waals surface area contributed by atoms with Crippen molar-refractivity contribution in [2.75, 3.05) is 6.61 Å². The van der Waals surface area contributed by atoms with Crippen LogP contribution in [0.2, 0.25) is 0 Å². The summed E-state index contributed by atoms with van der Waals surface area (Å²) in [7, 11) is -9.84. The van der Waals surface area contributed by atoms with Crippen LogP contribution in [-0.4, -0.2) is 49.8 Å². The normalized spacial score (nSPS) is 16.8. The Bertz CT molecular complexity index is 315. The van der Waals surface area contributed by atoms with Crippen molar-refractivity contribution in [1.82, 2.24) is 0 Å². The van der Waals surface area contributed by atoms with E-state index in [4.69, 9.17) is 24.7 Å². The Labute approximate surface area is 89.3 Å². The summed E-state index contributed by atoms with van der Waals surface area (Å²) in [5.41, 5.74) is 0. The first-order chi connectivity index (χ1) is 7.05. The fourth-order valence-electron chi connectivity index (χ4n) is 0.613. The lowest BCUT2D eigenvalue weighted by molar-refractivity contribution is -0.120. The minimum Gasteiger partial charge on any atom is -0.387 e. The molecule has 0 heterocycles. The van der Waals surface area contributed by atoms with E-state index in [-0.39, 0.29) is 6.29 Å². The van der Waals surface area contributed by atoms with E-state index in [2.05, 4.69) is 9.05 Å². The number of carbonyl (C=O) groups is 1. The summed E-state index contributed by atoms with van der Waals surface area (Å²) in [6.45, 7) is -1.02. The maximum atomic E-state index is 10.3. The first-order valence-electron chi connectivity index (χ1n) is 3.62. The van der Waals surface area contributed by atoms with E-state index in [0.717, 1.165) is 0 Å². The number of aliphatic hydroxyl groups excluding tert-OH is 1. The second kappa shape index (κ2) is 5.97. The fraction of sp³-hybridized carbons (Fsp3) is 0.750. The second-order valence-electron chi connectivity index (χ2n) is 2.55. The smallest absolute Gasteiger partial charge is 0.387 e. The highest BCUT2D eigenvalue weighted by molar-refractivity contribution is 7.46. The van der Waals surface area contributed by atoms with Gasteiger partial charge in [-0.25, -0.2) is 9.13 Å². The highest BCUT2D eigenvalue weighted by Crippen LogP contribution is 2.39. The van der Waals surface area contributed by atoms with Crippen molar-refractivity contribution in [3.63, 3.8) is 0 Å². The van der Waals surface area contributed by atoms with Crippen LogP contribution in [0.4, 0.5) is 0 Å². The van der Waals surface area contributed by atoms with Gasteiger partial charge in [-0.2, -0.15) is 0 Å². The molecule has 0 saturated heterocycles. The lowest BCUT2D eigenvalue weighted by Crippen LogP contribution is -2.33. The number of rotatable bonds is 7. The van der Waals surface area contributed by atoms with Crippen LogP contribution in [-0.2, 0) is 23.0 Å². The van der Waals surface area contributed by atoms with Crippen LogP contribution in [0, 0.1) is 0 Å². The monoisotopic (exact) mass is 280 g/mol. The molecule has 0 aliphatic heterocycles. The van der Waals surface area contributed by atoms with Crippen molar-refractivity contribution in [3.05, 3.63) is 0 Å². The molecule has 0 saturated carbocycles. The number of aldehydes is 1. The van der Waals surface area contributed by atoms with Gasteiger partial charge in [0.05, 0.1) is 6.61 Å². The first kappa shape index (κ1) is 15.9. The van der Waals surface area contributed by atoms with E-state index in [1.807, 2.05) is 0 Å². The standard InChI is InChI=1S/C4H10O10P2/c5-1-4(14-16(10,11)12)3(6)2-13-15(7,8)9/h1,3-4,6H,2H2,(H2,7,8,9)(H2,10,11,12)/t3-,4+/m1/s1. The number of carbonyl (C=O) groups excluding carboxylic acids is 1. The minimum absolute atomic E-state index is 0.132. The molecule has 0 unspecified atom stereocenters. The van der Waals surface area contributed by atoms with Crippen molar-refractivity contribution in [2.24, 2.45) is 0 Å². The van der Waals surface area contributed by atoms with Gasteiger partial charge in [-0.3, -0.25) is 9.05 Å². The van der Waals surface area contributed by atoms with Crippen LogP contribution in [0.5, 0.6) is 0 Å². The summed E-state index contributed by atoms with van der Waals surface area (Å²) in [6.07, 6.45) is -4.00. The lowest BCUT2D eigenvalue weighted by atomic mass is 10.2. The molecule has 0 aromatic carbocycles. The molecule has 0 aromatic heterocycles. The lowest BCUT2D eigenvalue weighted by Gasteiger charge is -2.18. The Morgan fingerprint density at radius 2 is 1.62 bits per heavy atom. The van der Waals surface area contributed by atoms with Gasteiger partial charge in [0, 0.05) is 0 Å². The van der Waals surface area contributed by atoms with Gasteiger partial charge in [-0.05, 0) is 0 Å². The molecule has 16 heavy (non-hydrogen) atoms. The van der Waals surface area contributed by atoms with E-state index in [1.54, 1.807) is 0 Å². The number of hydrogen-bond donors (Lipinski definition) is 5. The van der Waals surface area contributed by atoms with E-state index in [1.165, 1.54) is 0 Å². The van der Waals surface area contributed by atoms with E-state index < -0.39 is 34.5 Å². The average molecular weight is 280 g/mol. The minimum atomic E-state index is -5.00. The van der Waals surface area contributed by atoms with Crippen LogP contribution >= 0.6 is 15.6 Å². The molecule has 0 radical (unpaired) electrons. The van der Waals surface area contributed by atoms with Gasteiger partial charge in [-0.15, -0.1) is 0 Å². The maximum Gasteiger partial charge on any atom is 0.470 e. The largest absolute Gasteiger partial charge is 0.470 e. The molecule has 0 fully saturated rings. The molecule has 0 rings (SSSR count). The number of aliphatic hydroxyl groups is 1. The summed E-state index contributed by atoms with van der Waals surface area (Å²) in [4.78, 5) is 43.4. The topological polar surface area (TPSA) is 171 Å². The zero-order chi connectivity index (χ0) is 13.0. The number of phosphoric acid groups is 2. The molecule has 0 aromatic rings. The van der Waals surface area contributed by atoms with Gasteiger partial charge < -0.3 is 29.5 Å². The molecule has 96 valence electrons. The average Bonchev–Trinajstić information content (AvgIpc) is 2.07. The van der Waals surface area contributed by atoms with E-state index >= 15 is 0 Å². The van der Waals surface area contributed by atoms with Crippen molar-refractivity contribution in [2.45, 2.75) is 12.2 Å². The van der Waals surface area contributed by atoms with Crippen molar-refractivity contribution < 1.29 is 47.7 Å². The Hall–Kier alpha value is -0.150. The van der Waals surface area contributed by atoms with Crippen LogP contribution < -0.4 is 0 Å². The Morgan fingerprint density at radius 1 is 1.12 bits per heavy atom. The second-order valence-corrected chi connectivity index (χ2v) is 4.98. The first-order valence-corrected chi connectivity index (χ1v) is 6.68. The predicted octanol–water partition coefficient (Wildman–Crippen LogP) is -1.87. The highest BCUT2D eigenvalue weighted by Gasteiger charge is 2.29. The molecule has 0 amide bonds. The van der Waals surface area contributed by atoms with E-state index in [9.17, 15) is 13.9 Å². The zero-order valence-corrected chi connectivity index (χ0v) is 9.40. The summed E-state index contributed by atoms with van der Waals surface area (Å²) >= 11 is 0. The van der Waals surface area contributed by atoms with Crippen molar-refractivity contribution in [3.8, 4) is 0 Å². The molecule has 0 aliphatic rings. The summed E-state index contributed by atoms with van der Waals surface area (Å²) < 4.78 is 28.2. The molecular weight excluding hydrogens is 270 g/mol. The SMILES string of the molecule is O=C[C@H](OP(=O)(O)O)[C@H](O)COP(=O)(O)O. The molecule has 0 spiro atoms. The molecule has 10 nitrogen and oxygen atoms in total. The Morgan fingerprint density at radius 3 is 1.94 bits per heavy atom. The van der Waals surface area contributed by atoms with Gasteiger partial charge in [0.25, 0.3) is 0 Å². The van der Waals surface area contributed by atoms with E-state index in [0.29, 0.717) is 0 Å². The number of hydrogen-bond acceptors (Lipinski definition) is 6. The third kappa shape index (κ3) is 8.05. The summed E-state index contributed by atoms with van der Waals surface area (Å²) in [6, 6.07) is 0. The maximum absolute atomic E-state index is 10.3. The molecule has 0 aliphatic carbocycles. The Balaban J connectivity index is 4.33. The third-order valence-electron chi connectivity index (χ3n) is 1.19.